The van der Waals surface area contributed by atoms with Gasteiger partial charge in [0.25, 0.3) is 0 Å². The van der Waals surface area contributed by atoms with Crippen molar-refractivity contribution in [2.45, 2.75) is 12.5 Å². The maximum absolute atomic E-state index is 8.75. The molecule has 0 saturated carbocycles. The summed E-state index contributed by atoms with van der Waals surface area (Å²) >= 11 is 4.54. The monoisotopic (exact) mass is 370 g/mol. The van der Waals surface area contributed by atoms with Crippen LogP contribution in [0.3, 0.4) is 0 Å². The predicted octanol–water partition coefficient (Wildman–Crippen LogP) is 1.62. The summed E-state index contributed by atoms with van der Waals surface area (Å²) in [6.07, 6.45) is 1.01. The lowest BCUT2D eigenvalue weighted by atomic mass is 10.3. The first-order valence-corrected chi connectivity index (χ1v) is 6.24. The van der Waals surface area contributed by atoms with E-state index in [2.05, 4.69) is 45.2 Å². The Morgan fingerprint density at radius 2 is 2.00 bits per heavy atom. The molecule has 0 aromatic carbocycles. The van der Waals surface area contributed by atoms with E-state index in [-0.39, 0.29) is 12.7 Å². The number of aliphatic hydroxyl groups is 1. The third kappa shape index (κ3) is 6.11. The zero-order chi connectivity index (χ0) is 7.82. The lowest BCUT2D eigenvalue weighted by Crippen LogP contribution is -2.19. The van der Waals surface area contributed by atoms with Crippen molar-refractivity contribution in [2.24, 2.45) is 0 Å². The van der Waals surface area contributed by atoms with E-state index in [0.717, 1.165) is 21.9 Å². The third-order valence-corrected chi connectivity index (χ3v) is 2.13. The molecule has 0 fully saturated rings. The van der Waals surface area contributed by atoms with Crippen molar-refractivity contribution in [3.05, 3.63) is 0 Å². The van der Waals surface area contributed by atoms with Crippen LogP contribution in [0.4, 0.5) is 0 Å². The Morgan fingerprint density at radius 1 is 1.30 bits per heavy atom. The van der Waals surface area contributed by atoms with Crippen molar-refractivity contribution in [2.75, 3.05) is 22.1 Å². The SMILES string of the molecule is OC[C@H](CCI)OCCI. The average molecular weight is 370 g/mol. The lowest BCUT2D eigenvalue weighted by molar-refractivity contribution is 0.0215. The summed E-state index contributed by atoms with van der Waals surface area (Å²) in [7, 11) is 0. The van der Waals surface area contributed by atoms with E-state index in [4.69, 9.17) is 9.84 Å². The highest BCUT2D eigenvalue weighted by Crippen LogP contribution is 2.01. The second-order valence-corrected chi connectivity index (χ2v) is 4.00. The van der Waals surface area contributed by atoms with Gasteiger partial charge >= 0.3 is 0 Å². The number of aliphatic hydroxyl groups excluding tert-OH is 1. The van der Waals surface area contributed by atoms with Crippen LogP contribution in [0.2, 0.25) is 0 Å². The Balaban J connectivity index is 3.21. The van der Waals surface area contributed by atoms with E-state index in [1.165, 1.54) is 0 Å². The van der Waals surface area contributed by atoms with E-state index in [1.807, 2.05) is 0 Å². The predicted molar refractivity (Wildman–Crippen MR) is 59.2 cm³/mol. The first-order valence-electron chi connectivity index (χ1n) is 3.19. The molecule has 0 rings (SSSR count). The van der Waals surface area contributed by atoms with Crippen molar-refractivity contribution in [3.63, 3.8) is 0 Å². The number of rotatable bonds is 6. The molecule has 0 aromatic heterocycles. The average Bonchev–Trinajstić information content (AvgIpc) is 1.98. The minimum atomic E-state index is 0.0617. The molecule has 2 nitrogen and oxygen atoms in total. The molecule has 10 heavy (non-hydrogen) atoms. The van der Waals surface area contributed by atoms with Gasteiger partial charge in [-0.1, -0.05) is 45.2 Å². The van der Waals surface area contributed by atoms with Gasteiger partial charge in [-0.25, -0.2) is 0 Å². The zero-order valence-corrected chi connectivity index (χ0v) is 10.0. The Bertz CT molecular complexity index is 70.8. The molecule has 0 bridgehead atoms. The normalized spacial score (nSPS) is 13.5. The maximum Gasteiger partial charge on any atom is 0.0813 e. The standard InChI is InChI=1S/C6H12I2O2/c7-2-1-6(5-9)10-4-3-8/h6,9H,1-5H2/t6-/m0/s1. The molecule has 0 aliphatic carbocycles. The van der Waals surface area contributed by atoms with Crippen LogP contribution in [0.15, 0.2) is 0 Å². The quantitative estimate of drug-likeness (QED) is 0.569. The molecule has 0 amide bonds. The maximum atomic E-state index is 8.75. The Hall–Kier alpha value is 1.38. The molecule has 0 aliphatic rings. The summed E-state index contributed by atoms with van der Waals surface area (Å²) in [6.45, 7) is 0.905. The van der Waals surface area contributed by atoms with Crippen LogP contribution < -0.4 is 0 Å². The van der Waals surface area contributed by atoms with Crippen LogP contribution >= 0.6 is 45.2 Å². The fraction of sp³-hybridized carbons (Fsp3) is 1.00. The molecular formula is C6H12I2O2. The molecule has 0 aromatic rings. The van der Waals surface area contributed by atoms with Gasteiger partial charge in [-0.15, -0.1) is 0 Å². The highest BCUT2D eigenvalue weighted by Gasteiger charge is 2.04. The fourth-order valence-electron chi connectivity index (χ4n) is 0.560. The molecule has 0 radical (unpaired) electrons. The minimum Gasteiger partial charge on any atom is -0.394 e. The second-order valence-electron chi connectivity index (χ2n) is 1.84. The zero-order valence-electron chi connectivity index (χ0n) is 5.72. The van der Waals surface area contributed by atoms with E-state index in [9.17, 15) is 0 Å². The first-order chi connectivity index (χ1) is 4.85. The summed E-state index contributed by atoms with van der Waals surface area (Å²) in [5.74, 6) is 0. The van der Waals surface area contributed by atoms with Gasteiger partial charge in [0.1, 0.15) is 0 Å². The molecule has 1 N–H and O–H groups in total. The van der Waals surface area contributed by atoms with Crippen molar-refractivity contribution in [1.82, 2.24) is 0 Å². The van der Waals surface area contributed by atoms with E-state index >= 15 is 0 Å². The van der Waals surface area contributed by atoms with E-state index < -0.39 is 0 Å². The van der Waals surface area contributed by atoms with Gasteiger partial charge in [0.2, 0.25) is 0 Å². The van der Waals surface area contributed by atoms with Crippen LogP contribution in [0, 0.1) is 0 Å². The number of ether oxygens (including phenoxy) is 1. The van der Waals surface area contributed by atoms with Gasteiger partial charge in [0.15, 0.2) is 0 Å². The molecule has 0 aliphatic heterocycles. The Labute approximate surface area is 89.0 Å². The first kappa shape index (κ1) is 11.4. The van der Waals surface area contributed by atoms with Crippen molar-refractivity contribution in [3.8, 4) is 0 Å². The van der Waals surface area contributed by atoms with Crippen LogP contribution in [0.5, 0.6) is 0 Å². The number of hydrogen-bond donors (Lipinski definition) is 1. The largest absolute Gasteiger partial charge is 0.394 e. The minimum absolute atomic E-state index is 0.0617. The van der Waals surface area contributed by atoms with Crippen molar-refractivity contribution >= 4 is 45.2 Å². The van der Waals surface area contributed by atoms with Crippen LogP contribution in [0.25, 0.3) is 0 Å². The van der Waals surface area contributed by atoms with Gasteiger partial charge in [0, 0.05) is 8.86 Å². The molecule has 0 spiro atoms. The Kier molecular flexibility index (Phi) is 9.65. The van der Waals surface area contributed by atoms with Gasteiger partial charge in [0.05, 0.1) is 19.3 Å². The lowest BCUT2D eigenvalue weighted by Gasteiger charge is -2.12. The molecule has 4 heteroatoms. The second kappa shape index (κ2) is 8.48. The highest BCUT2D eigenvalue weighted by molar-refractivity contribution is 14.1. The molecule has 0 heterocycles. The van der Waals surface area contributed by atoms with Crippen molar-refractivity contribution in [1.29, 1.82) is 0 Å². The Morgan fingerprint density at radius 3 is 2.40 bits per heavy atom. The summed E-state index contributed by atoms with van der Waals surface area (Å²) < 4.78 is 7.36. The number of halogens is 2. The summed E-state index contributed by atoms with van der Waals surface area (Å²) in [6, 6.07) is 0. The molecule has 0 saturated heterocycles. The van der Waals surface area contributed by atoms with Crippen LogP contribution in [-0.4, -0.2) is 33.3 Å². The molecule has 0 unspecified atom stereocenters. The highest BCUT2D eigenvalue weighted by atomic mass is 127. The summed E-state index contributed by atoms with van der Waals surface area (Å²) in [4.78, 5) is 0. The van der Waals surface area contributed by atoms with Gasteiger partial charge in [-0.3, -0.25) is 0 Å². The molecular weight excluding hydrogens is 358 g/mol. The molecule has 1 atom stereocenters. The topological polar surface area (TPSA) is 29.5 Å². The van der Waals surface area contributed by atoms with E-state index in [1.54, 1.807) is 0 Å². The third-order valence-electron chi connectivity index (χ3n) is 1.07. The number of hydrogen-bond acceptors (Lipinski definition) is 2. The van der Waals surface area contributed by atoms with Crippen LogP contribution in [0.1, 0.15) is 6.42 Å². The van der Waals surface area contributed by atoms with Gasteiger partial charge in [-0.05, 0) is 6.42 Å². The summed E-state index contributed by atoms with van der Waals surface area (Å²) in [5.41, 5.74) is 0. The molecule has 62 valence electrons. The number of alkyl halides is 2. The smallest absolute Gasteiger partial charge is 0.0813 e. The van der Waals surface area contributed by atoms with E-state index in [0.29, 0.717) is 0 Å². The van der Waals surface area contributed by atoms with Crippen molar-refractivity contribution < 1.29 is 9.84 Å². The van der Waals surface area contributed by atoms with Gasteiger partial charge in [-0.2, -0.15) is 0 Å². The summed E-state index contributed by atoms with van der Waals surface area (Å²) in [5, 5.41) is 8.75. The van der Waals surface area contributed by atoms with Gasteiger partial charge < -0.3 is 9.84 Å². The van der Waals surface area contributed by atoms with Crippen LogP contribution in [-0.2, 0) is 4.74 Å². The fourth-order valence-corrected chi connectivity index (χ4v) is 1.51.